The molecule has 1 aromatic carbocycles. The molecule has 0 saturated carbocycles. The van der Waals surface area contributed by atoms with Crippen LogP contribution in [0.15, 0.2) is 47.3 Å². The van der Waals surface area contributed by atoms with E-state index in [9.17, 15) is 0 Å². The highest BCUT2D eigenvalue weighted by Crippen LogP contribution is 2.26. The van der Waals surface area contributed by atoms with Crippen molar-refractivity contribution in [1.29, 1.82) is 0 Å². The van der Waals surface area contributed by atoms with Crippen molar-refractivity contribution >= 4 is 21.7 Å². The number of fused-ring (bicyclic) bond motifs is 1. The molecule has 3 aromatic rings. The number of benzene rings is 1. The predicted octanol–water partition coefficient (Wildman–Crippen LogP) is 4.46. The van der Waals surface area contributed by atoms with Crippen molar-refractivity contribution in [2.24, 2.45) is 0 Å². The molecule has 0 radical (unpaired) electrons. The molecule has 0 amide bonds. The van der Waals surface area contributed by atoms with E-state index in [4.69, 9.17) is 0 Å². The molecule has 0 aliphatic rings. The normalized spacial score (nSPS) is 12.0. The van der Waals surface area contributed by atoms with Gasteiger partial charge in [0.2, 0.25) is 5.78 Å². The summed E-state index contributed by atoms with van der Waals surface area (Å²) in [5.74, 6) is 0.711. The third kappa shape index (κ3) is 2.48. The first kappa shape index (κ1) is 13.3. The Morgan fingerprint density at radius 1 is 1.05 bits per heavy atom. The van der Waals surface area contributed by atoms with E-state index in [0.29, 0.717) is 5.78 Å². The van der Waals surface area contributed by atoms with Crippen LogP contribution in [0.4, 0.5) is 0 Å². The second kappa shape index (κ2) is 4.70. The lowest BCUT2D eigenvalue weighted by Gasteiger charge is -2.18. The van der Waals surface area contributed by atoms with Gasteiger partial charge in [-0.05, 0) is 26.9 Å². The van der Waals surface area contributed by atoms with E-state index in [-0.39, 0.29) is 5.41 Å². The zero-order chi connectivity index (χ0) is 14.3. The lowest BCUT2D eigenvalue weighted by atomic mass is 9.86. The lowest BCUT2D eigenvalue weighted by Crippen LogP contribution is -2.10. The molecule has 4 heteroatoms. The largest absolute Gasteiger partial charge is 0.289 e. The fourth-order valence-electron chi connectivity index (χ4n) is 2.14. The molecule has 0 fully saturated rings. The minimum atomic E-state index is 0.170. The van der Waals surface area contributed by atoms with Crippen molar-refractivity contribution in [1.82, 2.24) is 14.4 Å². The zero-order valence-electron chi connectivity index (χ0n) is 11.8. The quantitative estimate of drug-likeness (QED) is 0.660. The summed E-state index contributed by atoms with van der Waals surface area (Å²) in [5, 5.41) is 0. The van der Waals surface area contributed by atoms with Gasteiger partial charge in [-0.15, -0.1) is 0 Å². The summed E-state index contributed by atoms with van der Waals surface area (Å²) in [6.07, 6.45) is 5.72. The van der Waals surface area contributed by atoms with Gasteiger partial charge in [-0.3, -0.25) is 4.40 Å². The Hall–Kier alpha value is -1.68. The first-order valence-corrected chi connectivity index (χ1v) is 7.34. The van der Waals surface area contributed by atoms with Crippen LogP contribution in [0, 0.1) is 0 Å². The Balaban J connectivity index is 2.02. The van der Waals surface area contributed by atoms with Crippen molar-refractivity contribution in [2.75, 3.05) is 0 Å². The lowest BCUT2D eigenvalue weighted by molar-refractivity contribution is 0.590. The summed E-state index contributed by atoms with van der Waals surface area (Å²) in [4.78, 5) is 8.84. The Morgan fingerprint density at radius 3 is 2.40 bits per heavy atom. The van der Waals surface area contributed by atoms with Crippen molar-refractivity contribution < 1.29 is 0 Å². The van der Waals surface area contributed by atoms with Crippen LogP contribution in [0.2, 0.25) is 0 Å². The van der Waals surface area contributed by atoms with Crippen LogP contribution in [-0.2, 0) is 5.41 Å². The molecule has 20 heavy (non-hydrogen) atoms. The Morgan fingerprint density at radius 2 is 1.75 bits per heavy atom. The smallest absolute Gasteiger partial charge is 0.234 e. The number of rotatable bonds is 1. The van der Waals surface area contributed by atoms with Gasteiger partial charge >= 0.3 is 0 Å². The maximum atomic E-state index is 4.55. The SMILES string of the molecule is CC(C)(C)c1ccc(-c2cn3cc(Br)cnc3n2)cc1. The number of hydrogen-bond acceptors (Lipinski definition) is 2. The highest BCUT2D eigenvalue weighted by Gasteiger charge is 2.13. The zero-order valence-corrected chi connectivity index (χ0v) is 13.3. The molecule has 2 heterocycles. The van der Waals surface area contributed by atoms with E-state index in [2.05, 4.69) is 70.9 Å². The van der Waals surface area contributed by atoms with Crippen molar-refractivity contribution in [3.63, 3.8) is 0 Å². The second-order valence-corrected chi connectivity index (χ2v) is 6.85. The molecule has 2 aromatic heterocycles. The molecular weight excluding hydrogens is 314 g/mol. The van der Waals surface area contributed by atoms with Crippen molar-refractivity contribution in [3.05, 3.63) is 52.9 Å². The molecule has 3 nitrogen and oxygen atoms in total. The molecule has 0 unspecified atom stereocenters. The van der Waals surface area contributed by atoms with Crippen LogP contribution in [-0.4, -0.2) is 14.4 Å². The fraction of sp³-hybridized carbons (Fsp3) is 0.250. The van der Waals surface area contributed by atoms with Gasteiger partial charge in [-0.2, -0.15) is 0 Å². The minimum Gasteiger partial charge on any atom is -0.289 e. The second-order valence-electron chi connectivity index (χ2n) is 5.93. The number of aromatic nitrogens is 3. The van der Waals surface area contributed by atoms with Crippen LogP contribution in [0.1, 0.15) is 26.3 Å². The van der Waals surface area contributed by atoms with Gasteiger partial charge < -0.3 is 0 Å². The molecule has 0 spiro atoms. The Bertz CT molecular complexity index is 751. The number of halogens is 1. The molecule has 0 aliphatic heterocycles. The van der Waals surface area contributed by atoms with Crippen LogP contribution in [0.25, 0.3) is 17.0 Å². The average molecular weight is 330 g/mol. The number of nitrogens with zero attached hydrogens (tertiary/aromatic N) is 3. The summed E-state index contributed by atoms with van der Waals surface area (Å²) in [6, 6.07) is 8.58. The fourth-order valence-corrected chi connectivity index (χ4v) is 2.46. The Kier molecular flexibility index (Phi) is 3.13. The molecule has 0 aliphatic carbocycles. The summed E-state index contributed by atoms with van der Waals surface area (Å²) >= 11 is 3.42. The first-order chi connectivity index (χ1) is 9.43. The summed E-state index contributed by atoms with van der Waals surface area (Å²) in [5.41, 5.74) is 3.55. The minimum absolute atomic E-state index is 0.170. The predicted molar refractivity (Wildman–Crippen MR) is 84.8 cm³/mol. The third-order valence-corrected chi connectivity index (χ3v) is 3.73. The van der Waals surface area contributed by atoms with Crippen LogP contribution in [0.3, 0.4) is 0 Å². The monoisotopic (exact) mass is 329 g/mol. The van der Waals surface area contributed by atoms with E-state index < -0.39 is 0 Å². The summed E-state index contributed by atoms with van der Waals surface area (Å²) in [6.45, 7) is 6.65. The molecule has 3 rings (SSSR count). The van der Waals surface area contributed by atoms with Gasteiger partial charge in [-0.1, -0.05) is 45.0 Å². The van der Waals surface area contributed by atoms with Crippen molar-refractivity contribution in [3.8, 4) is 11.3 Å². The molecular formula is C16H16BrN3. The topological polar surface area (TPSA) is 30.2 Å². The Labute approximate surface area is 126 Å². The van der Waals surface area contributed by atoms with Gasteiger partial charge in [0.1, 0.15) is 0 Å². The number of imidazole rings is 1. The van der Waals surface area contributed by atoms with E-state index in [0.717, 1.165) is 15.7 Å². The van der Waals surface area contributed by atoms with Gasteiger partial charge in [0.15, 0.2) is 0 Å². The highest BCUT2D eigenvalue weighted by atomic mass is 79.9. The standard InChI is InChI=1S/C16H16BrN3/c1-16(2,3)12-6-4-11(5-7-12)14-10-20-9-13(17)8-18-15(20)19-14/h4-10H,1-3H3. The highest BCUT2D eigenvalue weighted by molar-refractivity contribution is 9.10. The molecule has 0 bridgehead atoms. The summed E-state index contributed by atoms with van der Waals surface area (Å²) < 4.78 is 2.87. The van der Waals surface area contributed by atoms with Crippen molar-refractivity contribution in [2.45, 2.75) is 26.2 Å². The van der Waals surface area contributed by atoms with Gasteiger partial charge in [0, 0.05) is 24.2 Å². The van der Waals surface area contributed by atoms with Gasteiger partial charge in [-0.25, -0.2) is 9.97 Å². The maximum absolute atomic E-state index is 4.55. The van der Waals surface area contributed by atoms with E-state index in [1.165, 1.54) is 5.56 Å². The van der Waals surface area contributed by atoms with E-state index in [1.54, 1.807) is 6.20 Å². The summed E-state index contributed by atoms with van der Waals surface area (Å²) in [7, 11) is 0. The maximum Gasteiger partial charge on any atom is 0.234 e. The van der Waals surface area contributed by atoms with Crippen LogP contribution < -0.4 is 0 Å². The molecule has 0 saturated heterocycles. The van der Waals surface area contributed by atoms with Crippen LogP contribution in [0.5, 0.6) is 0 Å². The number of hydrogen-bond donors (Lipinski definition) is 0. The third-order valence-electron chi connectivity index (χ3n) is 3.33. The molecule has 0 atom stereocenters. The van der Waals surface area contributed by atoms with Crippen LogP contribution >= 0.6 is 15.9 Å². The van der Waals surface area contributed by atoms with Gasteiger partial charge in [0.25, 0.3) is 0 Å². The van der Waals surface area contributed by atoms with Gasteiger partial charge in [0.05, 0.1) is 10.2 Å². The average Bonchev–Trinajstić information content (AvgIpc) is 2.80. The van der Waals surface area contributed by atoms with E-state index in [1.807, 2.05) is 16.8 Å². The molecule has 102 valence electrons. The van der Waals surface area contributed by atoms with E-state index >= 15 is 0 Å². The first-order valence-electron chi connectivity index (χ1n) is 6.55. The molecule has 0 N–H and O–H groups in total.